The molecular weight excluding hydrogens is 206 g/mol. The van der Waals surface area contributed by atoms with E-state index in [-0.39, 0.29) is 5.97 Å². The maximum Gasteiger partial charge on any atom is 0.305 e. The van der Waals surface area contributed by atoms with E-state index in [1.54, 1.807) is 0 Å². The Hall–Kier alpha value is -0.900. The Morgan fingerprint density at radius 2 is 2.06 bits per heavy atom. The Morgan fingerprint density at radius 3 is 2.69 bits per heavy atom. The van der Waals surface area contributed by atoms with Gasteiger partial charge in [0.25, 0.3) is 0 Å². The van der Waals surface area contributed by atoms with Crippen LogP contribution in [0.1, 0.15) is 51.9 Å². The van der Waals surface area contributed by atoms with Crippen LogP contribution < -0.4 is 5.73 Å². The highest BCUT2D eigenvalue weighted by Gasteiger charge is 2.05. The van der Waals surface area contributed by atoms with Gasteiger partial charge in [0.1, 0.15) is 6.29 Å². The molecule has 0 bridgehead atoms. The fourth-order valence-electron chi connectivity index (χ4n) is 1.34. The third kappa shape index (κ3) is 9.65. The van der Waals surface area contributed by atoms with Crippen molar-refractivity contribution in [2.75, 3.05) is 6.61 Å². The second-order valence-corrected chi connectivity index (χ2v) is 3.97. The summed E-state index contributed by atoms with van der Waals surface area (Å²) in [7, 11) is 0. The molecule has 1 atom stereocenters. The molecule has 0 radical (unpaired) electrons. The number of hydrogen-bond donors (Lipinski definition) is 1. The zero-order chi connectivity index (χ0) is 12.2. The molecule has 4 nitrogen and oxygen atoms in total. The SMILES string of the molecule is CCCCCCOC(=O)CCCC(N)C=O. The average molecular weight is 229 g/mol. The molecule has 0 aliphatic carbocycles. The van der Waals surface area contributed by atoms with Crippen molar-refractivity contribution in [3.8, 4) is 0 Å². The fraction of sp³-hybridized carbons (Fsp3) is 0.833. The highest BCUT2D eigenvalue weighted by atomic mass is 16.5. The lowest BCUT2D eigenvalue weighted by Gasteiger charge is -2.05. The summed E-state index contributed by atoms with van der Waals surface area (Å²) in [5.41, 5.74) is 5.39. The van der Waals surface area contributed by atoms with E-state index in [9.17, 15) is 9.59 Å². The van der Waals surface area contributed by atoms with E-state index in [1.165, 1.54) is 12.8 Å². The predicted octanol–water partition coefficient (Wildman–Crippen LogP) is 1.81. The third-order valence-corrected chi connectivity index (χ3v) is 2.35. The van der Waals surface area contributed by atoms with Crippen LogP contribution >= 0.6 is 0 Å². The van der Waals surface area contributed by atoms with Gasteiger partial charge in [0.15, 0.2) is 0 Å². The number of carbonyl (C=O) groups is 2. The number of hydrogen-bond acceptors (Lipinski definition) is 4. The minimum absolute atomic E-state index is 0.186. The van der Waals surface area contributed by atoms with E-state index >= 15 is 0 Å². The molecule has 0 aliphatic heterocycles. The van der Waals surface area contributed by atoms with Gasteiger partial charge in [-0.1, -0.05) is 26.2 Å². The van der Waals surface area contributed by atoms with Crippen molar-refractivity contribution in [2.45, 2.75) is 57.9 Å². The minimum atomic E-state index is -0.447. The molecule has 2 N–H and O–H groups in total. The topological polar surface area (TPSA) is 69.4 Å². The van der Waals surface area contributed by atoms with Crippen LogP contribution in [0.15, 0.2) is 0 Å². The number of nitrogens with two attached hydrogens (primary N) is 1. The summed E-state index contributed by atoms with van der Waals surface area (Å²) in [6, 6.07) is -0.447. The first-order valence-electron chi connectivity index (χ1n) is 6.07. The molecule has 0 spiro atoms. The van der Waals surface area contributed by atoms with Crippen molar-refractivity contribution < 1.29 is 14.3 Å². The Morgan fingerprint density at radius 1 is 1.31 bits per heavy atom. The second-order valence-electron chi connectivity index (χ2n) is 3.97. The molecule has 0 aromatic heterocycles. The van der Waals surface area contributed by atoms with E-state index in [1.807, 2.05) is 0 Å². The van der Waals surface area contributed by atoms with Gasteiger partial charge in [0.05, 0.1) is 12.6 Å². The van der Waals surface area contributed by atoms with Gasteiger partial charge in [-0.2, -0.15) is 0 Å². The zero-order valence-electron chi connectivity index (χ0n) is 10.1. The molecule has 16 heavy (non-hydrogen) atoms. The van der Waals surface area contributed by atoms with Gasteiger partial charge in [0, 0.05) is 6.42 Å². The third-order valence-electron chi connectivity index (χ3n) is 2.35. The first-order valence-corrected chi connectivity index (χ1v) is 6.07. The van der Waals surface area contributed by atoms with Crippen molar-refractivity contribution in [2.24, 2.45) is 5.73 Å². The van der Waals surface area contributed by atoms with Gasteiger partial charge >= 0.3 is 5.97 Å². The molecule has 0 saturated carbocycles. The molecule has 0 rings (SSSR count). The van der Waals surface area contributed by atoms with E-state index in [0.29, 0.717) is 32.2 Å². The number of aldehydes is 1. The van der Waals surface area contributed by atoms with Crippen LogP contribution in [0.5, 0.6) is 0 Å². The van der Waals surface area contributed by atoms with Crippen LogP contribution in [-0.4, -0.2) is 24.9 Å². The van der Waals surface area contributed by atoms with Gasteiger partial charge in [-0.3, -0.25) is 4.79 Å². The Kier molecular flexibility index (Phi) is 10.0. The molecule has 1 unspecified atom stereocenters. The molecule has 0 aromatic carbocycles. The van der Waals surface area contributed by atoms with Crippen molar-refractivity contribution in [1.82, 2.24) is 0 Å². The molecule has 0 aromatic rings. The van der Waals surface area contributed by atoms with Crippen LogP contribution in [0, 0.1) is 0 Å². The highest BCUT2D eigenvalue weighted by molar-refractivity contribution is 5.69. The minimum Gasteiger partial charge on any atom is -0.466 e. The summed E-state index contributed by atoms with van der Waals surface area (Å²) in [4.78, 5) is 21.4. The predicted molar refractivity (Wildman–Crippen MR) is 63.0 cm³/mol. The van der Waals surface area contributed by atoms with Crippen molar-refractivity contribution in [3.63, 3.8) is 0 Å². The number of ether oxygens (including phenoxy) is 1. The van der Waals surface area contributed by atoms with E-state index in [0.717, 1.165) is 12.8 Å². The molecule has 94 valence electrons. The monoisotopic (exact) mass is 229 g/mol. The average Bonchev–Trinajstić information content (AvgIpc) is 2.28. The van der Waals surface area contributed by atoms with Crippen molar-refractivity contribution in [1.29, 1.82) is 0 Å². The lowest BCUT2D eigenvalue weighted by Crippen LogP contribution is -2.21. The Labute approximate surface area is 97.5 Å². The first kappa shape index (κ1) is 15.1. The van der Waals surface area contributed by atoms with Crippen LogP contribution in [-0.2, 0) is 14.3 Å². The van der Waals surface area contributed by atoms with Gasteiger partial charge in [-0.05, 0) is 19.3 Å². The summed E-state index contributed by atoms with van der Waals surface area (Å²) in [5, 5.41) is 0. The summed E-state index contributed by atoms with van der Waals surface area (Å²) in [6.45, 7) is 2.65. The molecule has 0 aliphatic rings. The fourth-order valence-corrected chi connectivity index (χ4v) is 1.34. The van der Waals surface area contributed by atoms with Crippen LogP contribution in [0.2, 0.25) is 0 Å². The summed E-state index contributed by atoms with van der Waals surface area (Å²) in [6.07, 6.45) is 6.64. The maximum absolute atomic E-state index is 11.2. The van der Waals surface area contributed by atoms with Crippen LogP contribution in [0.3, 0.4) is 0 Å². The number of esters is 1. The molecule has 0 fully saturated rings. The largest absolute Gasteiger partial charge is 0.466 e. The maximum atomic E-state index is 11.2. The molecule has 0 amide bonds. The smallest absolute Gasteiger partial charge is 0.305 e. The molecule has 0 saturated heterocycles. The molecular formula is C12H23NO3. The summed E-state index contributed by atoms with van der Waals surface area (Å²) < 4.78 is 5.04. The standard InChI is InChI=1S/C12H23NO3/c1-2-3-4-5-9-16-12(15)8-6-7-11(13)10-14/h10-11H,2-9,13H2,1H3. The first-order chi connectivity index (χ1) is 7.70. The number of carbonyl (C=O) groups excluding carboxylic acids is 2. The van der Waals surface area contributed by atoms with Gasteiger partial charge in [0.2, 0.25) is 0 Å². The van der Waals surface area contributed by atoms with Gasteiger partial charge in [-0.25, -0.2) is 0 Å². The van der Waals surface area contributed by atoms with Gasteiger partial charge < -0.3 is 15.3 Å². The normalized spacial score (nSPS) is 12.1. The number of unbranched alkanes of at least 4 members (excludes halogenated alkanes) is 3. The quantitative estimate of drug-likeness (QED) is 0.352. The van der Waals surface area contributed by atoms with E-state index in [4.69, 9.17) is 10.5 Å². The number of rotatable bonds is 10. The summed E-state index contributed by atoms with van der Waals surface area (Å²) >= 11 is 0. The van der Waals surface area contributed by atoms with Crippen LogP contribution in [0.25, 0.3) is 0 Å². The van der Waals surface area contributed by atoms with Crippen LogP contribution in [0.4, 0.5) is 0 Å². The second kappa shape index (κ2) is 10.6. The zero-order valence-corrected chi connectivity index (χ0v) is 10.1. The van der Waals surface area contributed by atoms with E-state index < -0.39 is 6.04 Å². The van der Waals surface area contributed by atoms with E-state index in [2.05, 4.69) is 6.92 Å². The molecule has 4 heteroatoms. The lowest BCUT2D eigenvalue weighted by atomic mass is 10.1. The lowest BCUT2D eigenvalue weighted by molar-refractivity contribution is -0.144. The summed E-state index contributed by atoms with van der Waals surface area (Å²) in [5.74, 6) is -0.186. The van der Waals surface area contributed by atoms with Crippen molar-refractivity contribution in [3.05, 3.63) is 0 Å². The Bertz CT molecular complexity index is 195. The van der Waals surface area contributed by atoms with Gasteiger partial charge in [-0.15, -0.1) is 0 Å². The molecule has 0 heterocycles. The highest BCUT2D eigenvalue weighted by Crippen LogP contribution is 2.02. The van der Waals surface area contributed by atoms with Crippen molar-refractivity contribution >= 4 is 12.3 Å². The Balaban J connectivity index is 3.28.